The van der Waals surface area contributed by atoms with E-state index < -0.39 is 0 Å². The van der Waals surface area contributed by atoms with Crippen LogP contribution in [0.3, 0.4) is 0 Å². The minimum atomic E-state index is -0.0456. The number of thiophene rings is 1. The molecule has 0 spiro atoms. The third-order valence-corrected chi connectivity index (χ3v) is 4.61. The molecule has 2 N–H and O–H groups in total. The van der Waals surface area contributed by atoms with Crippen molar-refractivity contribution in [1.29, 1.82) is 0 Å². The van der Waals surface area contributed by atoms with E-state index in [1.807, 2.05) is 12.3 Å². The van der Waals surface area contributed by atoms with Gasteiger partial charge in [0.15, 0.2) is 0 Å². The lowest BCUT2D eigenvalue weighted by atomic mass is 10.0. The molecular formula is C16H20N4S. The number of nitrogens with zero attached hydrogens (tertiary/aromatic N) is 3. The molecule has 1 unspecified atom stereocenters. The van der Waals surface area contributed by atoms with E-state index in [1.165, 1.54) is 10.4 Å². The first kappa shape index (κ1) is 14.2. The molecule has 3 aromatic heterocycles. The van der Waals surface area contributed by atoms with Crippen LogP contribution in [-0.4, -0.2) is 14.8 Å². The zero-order chi connectivity index (χ0) is 14.8. The number of hydrogen-bond acceptors (Lipinski definition) is 4. The highest BCUT2D eigenvalue weighted by Crippen LogP contribution is 2.23. The van der Waals surface area contributed by atoms with Gasteiger partial charge in [0.25, 0.3) is 0 Å². The van der Waals surface area contributed by atoms with Crippen LogP contribution < -0.4 is 5.73 Å². The highest BCUT2D eigenvalue weighted by atomic mass is 32.1. The number of rotatable bonds is 5. The molecule has 1 atom stereocenters. The lowest BCUT2D eigenvalue weighted by molar-refractivity contribution is 0.585. The molecule has 3 aromatic rings. The Morgan fingerprint density at radius 2 is 2.19 bits per heavy atom. The van der Waals surface area contributed by atoms with Gasteiger partial charge in [-0.25, -0.2) is 0 Å². The smallest absolute Gasteiger partial charge is 0.0809 e. The van der Waals surface area contributed by atoms with Crippen LogP contribution in [0.4, 0.5) is 0 Å². The van der Waals surface area contributed by atoms with Gasteiger partial charge in [-0.15, -0.1) is 11.3 Å². The normalized spacial score (nSPS) is 12.9. The van der Waals surface area contributed by atoms with Gasteiger partial charge >= 0.3 is 0 Å². The Morgan fingerprint density at radius 3 is 2.95 bits per heavy atom. The maximum absolute atomic E-state index is 6.38. The molecule has 0 aliphatic heterocycles. The molecule has 21 heavy (non-hydrogen) atoms. The van der Waals surface area contributed by atoms with Gasteiger partial charge in [0.05, 0.1) is 15.9 Å². The molecular weight excluding hydrogens is 280 g/mol. The van der Waals surface area contributed by atoms with Crippen LogP contribution in [0.25, 0.3) is 10.2 Å². The number of hydrogen-bond donors (Lipinski definition) is 1. The zero-order valence-electron chi connectivity index (χ0n) is 12.4. The SMILES string of the molecule is CCc1cc(CC(N)c2cnc3ccsc3c2)n(CC)n1. The van der Waals surface area contributed by atoms with Crippen LogP contribution in [0, 0.1) is 0 Å². The van der Waals surface area contributed by atoms with Crippen LogP contribution in [-0.2, 0) is 19.4 Å². The van der Waals surface area contributed by atoms with Crippen LogP contribution in [0.2, 0.25) is 0 Å². The topological polar surface area (TPSA) is 56.7 Å². The molecule has 4 nitrogen and oxygen atoms in total. The average Bonchev–Trinajstić information content (AvgIpc) is 3.12. The molecule has 3 heterocycles. The Morgan fingerprint density at radius 1 is 1.33 bits per heavy atom. The maximum atomic E-state index is 6.38. The Balaban J connectivity index is 1.84. The summed E-state index contributed by atoms with van der Waals surface area (Å²) in [5.41, 5.74) is 10.9. The molecule has 0 amide bonds. The van der Waals surface area contributed by atoms with Crippen molar-refractivity contribution < 1.29 is 0 Å². The number of nitrogens with two attached hydrogens (primary N) is 1. The predicted octanol–water partition coefficient (Wildman–Crippen LogP) is 3.32. The van der Waals surface area contributed by atoms with Crippen molar-refractivity contribution in [2.24, 2.45) is 5.73 Å². The Hall–Kier alpha value is -1.72. The van der Waals surface area contributed by atoms with Crippen LogP contribution in [0.5, 0.6) is 0 Å². The lowest BCUT2D eigenvalue weighted by Crippen LogP contribution is -2.16. The van der Waals surface area contributed by atoms with Crippen molar-refractivity contribution >= 4 is 21.6 Å². The van der Waals surface area contributed by atoms with Crippen LogP contribution in [0.1, 0.15) is 36.8 Å². The summed E-state index contributed by atoms with van der Waals surface area (Å²) in [4.78, 5) is 4.48. The van der Waals surface area contributed by atoms with Gasteiger partial charge in [0.1, 0.15) is 0 Å². The molecule has 0 saturated heterocycles. The zero-order valence-corrected chi connectivity index (χ0v) is 13.2. The highest BCUT2D eigenvalue weighted by molar-refractivity contribution is 7.17. The second-order valence-electron chi connectivity index (χ2n) is 5.18. The molecule has 0 aromatic carbocycles. The van der Waals surface area contributed by atoms with Gasteiger partial charge in [0.2, 0.25) is 0 Å². The summed E-state index contributed by atoms with van der Waals surface area (Å²) in [5.74, 6) is 0. The summed E-state index contributed by atoms with van der Waals surface area (Å²) in [5, 5.41) is 6.65. The van der Waals surface area contributed by atoms with E-state index >= 15 is 0 Å². The first-order valence-electron chi connectivity index (χ1n) is 7.35. The Bertz CT molecular complexity index is 744. The van der Waals surface area contributed by atoms with Crippen molar-refractivity contribution in [1.82, 2.24) is 14.8 Å². The second-order valence-corrected chi connectivity index (χ2v) is 6.13. The van der Waals surface area contributed by atoms with Crippen molar-refractivity contribution in [3.05, 3.63) is 46.7 Å². The van der Waals surface area contributed by atoms with Crippen molar-refractivity contribution in [2.45, 2.75) is 39.3 Å². The van der Waals surface area contributed by atoms with Gasteiger partial charge in [-0.2, -0.15) is 5.10 Å². The number of aryl methyl sites for hydroxylation is 2. The summed E-state index contributed by atoms with van der Waals surface area (Å²) in [7, 11) is 0. The molecule has 110 valence electrons. The number of aromatic nitrogens is 3. The van der Waals surface area contributed by atoms with Gasteiger partial charge in [-0.3, -0.25) is 9.67 Å². The molecule has 0 radical (unpaired) electrons. The standard InChI is InChI=1S/C16H20N4S/c1-3-12-8-13(20(4-2)19-12)9-14(17)11-7-16-15(18-10-11)5-6-21-16/h5-8,10,14H,3-4,9,17H2,1-2H3. The third-order valence-electron chi connectivity index (χ3n) is 3.76. The van der Waals surface area contributed by atoms with Crippen LogP contribution in [0.15, 0.2) is 29.8 Å². The summed E-state index contributed by atoms with van der Waals surface area (Å²) >= 11 is 1.70. The molecule has 0 bridgehead atoms. The second kappa shape index (κ2) is 5.95. The first-order chi connectivity index (χ1) is 10.2. The quantitative estimate of drug-likeness (QED) is 0.786. The minimum Gasteiger partial charge on any atom is -0.324 e. The van der Waals surface area contributed by atoms with E-state index in [9.17, 15) is 0 Å². The van der Waals surface area contributed by atoms with Crippen molar-refractivity contribution in [2.75, 3.05) is 0 Å². The van der Waals surface area contributed by atoms with Gasteiger partial charge in [-0.05, 0) is 42.5 Å². The van der Waals surface area contributed by atoms with Crippen molar-refractivity contribution in [3.8, 4) is 0 Å². The van der Waals surface area contributed by atoms with Gasteiger partial charge < -0.3 is 5.73 Å². The molecule has 3 rings (SSSR count). The van der Waals surface area contributed by atoms with Gasteiger partial charge in [0, 0.05) is 30.9 Å². The molecule has 5 heteroatoms. The Kier molecular flexibility index (Phi) is 4.03. The fourth-order valence-corrected chi connectivity index (χ4v) is 3.32. The predicted molar refractivity (Wildman–Crippen MR) is 87.5 cm³/mol. The molecule has 0 fully saturated rings. The minimum absolute atomic E-state index is 0.0456. The van der Waals surface area contributed by atoms with E-state index in [-0.39, 0.29) is 6.04 Å². The summed E-state index contributed by atoms with van der Waals surface area (Å²) in [6.45, 7) is 5.12. The number of pyridine rings is 1. The molecule has 0 aliphatic rings. The fourth-order valence-electron chi connectivity index (χ4n) is 2.53. The summed E-state index contributed by atoms with van der Waals surface area (Å²) in [6, 6.07) is 6.32. The summed E-state index contributed by atoms with van der Waals surface area (Å²) < 4.78 is 3.25. The van der Waals surface area contributed by atoms with E-state index in [4.69, 9.17) is 5.73 Å². The van der Waals surface area contributed by atoms with Gasteiger partial charge in [-0.1, -0.05) is 6.92 Å². The average molecular weight is 300 g/mol. The van der Waals surface area contributed by atoms with E-state index in [1.54, 1.807) is 11.3 Å². The molecule has 0 aliphatic carbocycles. The Labute approximate surface area is 128 Å². The lowest BCUT2D eigenvalue weighted by Gasteiger charge is -2.12. The largest absolute Gasteiger partial charge is 0.324 e. The number of fused-ring (bicyclic) bond motifs is 1. The van der Waals surface area contributed by atoms with E-state index in [0.717, 1.165) is 36.2 Å². The third kappa shape index (κ3) is 2.84. The van der Waals surface area contributed by atoms with E-state index in [2.05, 4.69) is 46.1 Å². The van der Waals surface area contributed by atoms with Crippen LogP contribution >= 0.6 is 11.3 Å². The first-order valence-corrected chi connectivity index (χ1v) is 8.23. The summed E-state index contributed by atoms with van der Waals surface area (Å²) in [6.07, 6.45) is 3.64. The fraction of sp³-hybridized carbons (Fsp3) is 0.375. The molecule has 0 saturated carbocycles. The van der Waals surface area contributed by atoms with Crippen molar-refractivity contribution in [3.63, 3.8) is 0 Å². The maximum Gasteiger partial charge on any atom is 0.0809 e. The highest BCUT2D eigenvalue weighted by Gasteiger charge is 2.13. The van der Waals surface area contributed by atoms with E-state index in [0.29, 0.717) is 0 Å². The monoisotopic (exact) mass is 300 g/mol.